The average molecular weight is 392 g/mol. The molecule has 0 saturated heterocycles. The topological polar surface area (TPSA) is 39.1 Å². The molecule has 0 amide bonds. The number of aromatic nitrogens is 2. The van der Waals surface area contributed by atoms with Gasteiger partial charge in [-0.05, 0) is 30.2 Å². The Morgan fingerprint density at radius 3 is 2.41 bits per heavy atom. The maximum atomic E-state index is 12.2. The van der Waals surface area contributed by atoms with Crippen LogP contribution in [0.4, 0.5) is 8.78 Å². The first-order valence-corrected chi connectivity index (χ1v) is 8.91. The van der Waals surface area contributed by atoms with Gasteiger partial charge in [0.05, 0.1) is 12.2 Å². The minimum Gasteiger partial charge on any atom is -0.435 e. The largest absolute Gasteiger partial charge is 0.435 e. The summed E-state index contributed by atoms with van der Waals surface area (Å²) >= 11 is 6.50. The minimum atomic E-state index is -2.81. The number of ether oxygens (including phenoxy) is 1. The fourth-order valence-corrected chi connectivity index (χ4v) is 3.07. The zero-order valence-electron chi connectivity index (χ0n) is 14.8. The summed E-state index contributed by atoms with van der Waals surface area (Å²) in [6, 6.07) is 16.6. The molecule has 0 bridgehead atoms. The van der Waals surface area contributed by atoms with Crippen molar-refractivity contribution in [3.8, 4) is 5.75 Å². The number of benzene rings is 2. The van der Waals surface area contributed by atoms with E-state index in [-0.39, 0.29) is 5.75 Å². The highest BCUT2D eigenvalue weighted by Crippen LogP contribution is 2.21. The summed E-state index contributed by atoms with van der Waals surface area (Å²) in [7, 11) is 0. The van der Waals surface area contributed by atoms with Crippen LogP contribution in [0.25, 0.3) is 0 Å². The highest BCUT2D eigenvalue weighted by atomic mass is 35.5. The summed E-state index contributed by atoms with van der Waals surface area (Å²) in [6.07, 6.45) is 0. The molecule has 0 fully saturated rings. The van der Waals surface area contributed by atoms with Crippen LogP contribution in [0.5, 0.6) is 5.75 Å². The molecule has 1 aromatic heterocycles. The molecule has 0 atom stereocenters. The van der Waals surface area contributed by atoms with Crippen LogP contribution in [-0.2, 0) is 19.6 Å². The van der Waals surface area contributed by atoms with E-state index in [2.05, 4.69) is 15.2 Å². The van der Waals surface area contributed by atoms with Gasteiger partial charge in [0, 0.05) is 18.7 Å². The van der Waals surface area contributed by atoms with Crippen LogP contribution in [0.1, 0.15) is 22.4 Å². The third kappa shape index (κ3) is 5.28. The Bertz CT molecular complexity index is 867. The number of nitrogens with one attached hydrogen (secondary N) is 1. The first-order chi connectivity index (χ1) is 13.0. The van der Waals surface area contributed by atoms with Crippen LogP contribution in [0.15, 0.2) is 54.6 Å². The molecule has 3 aromatic rings. The molecule has 1 heterocycles. The summed E-state index contributed by atoms with van der Waals surface area (Å²) in [5, 5.41) is 8.45. The van der Waals surface area contributed by atoms with Crippen molar-refractivity contribution in [3.05, 3.63) is 82.1 Å². The molecule has 0 aliphatic heterocycles. The maximum absolute atomic E-state index is 12.2. The highest BCUT2D eigenvalue weighted by Gasteiger charge is 2.13. The van der Waals surface area contributed by atoms with Crippen molar-refractivity contribution in [1.29, 1.82) is 0 Å². The summed E-state index contributed by atoms with van der Waals surface area (Å²) in [6.45, 7) is 0.877. The van der Waals surface area contributed by atoms with E-state index in [9.17, 15) is 8.78 Å². The molecular formula is C20H20ClF2N3O. The SMILES string of the molecule is Cc1nn(Cc2ccccc2)c(Cl)c1CNCc1ccc(OC(F)F)cc1. The fraction of sp³-hybridized carbons (Fsp3) is 0.250. The van der Waals surface area contributed by atoms with E-state index in [0.29, 0.717) is 24.8 Å². The third-order valence-electron chi connectivity index (χ3n) is 4.14. The summed E-state index contributed by atoms with van der Waals surface area (Å²) < 4.78 is 30.5. The van der Waals surface area contributed by atoms with Crippen LogP contribution in [0.3, 0.4) is 0 Å². The predicted octanol–water partition coefficient (Wildman–Crippen LogP) is 4.78. The number of nitrogens with zero attached hydrogens (tertiary/aromatic N) is 2. The second-order valence-corrected chi connectivity index (χ2v) is 6.48. The number of aryl methyl sites for hydroxylation is 1. The molecule has 0 aliphatic carbocycles. The van der Waals surface area contributed by atoms with E-state index in [1.54, 1.807) is 16.8 Å². The van der Waals surface area contributed by atoms with Crippen LogP contribution >= 0.6 is 11.6 Å². The van der Waals surface area contributed by atoms with E-state index < -0.39 is 6.61 Å². The molecule has 142 valence electrons. The first-order valence-electron chi connectivity index (χ1n) is 8.53. The molecule has 1 N–H and O–H groups in total. The molecule has 27 heavy (non-hydrogen) atoms. The Morgan fingerprint density at radius 2 is 1.74 bits per heavy atom. The van der Waals surface area contributed by atoms with Crippen molar-refractivity contribution in [2.24, 2.45) is 0 Å². The Hall–Kier alpha value is -2.44. The van der Waals surface area contributed by atoms with Gasteiger partial charge in [-0.2, -0.15) is 13.9 Å². The van der Waals surface area contributed by atoms with Gasteiger partial charge in [-0.3, -0.25) is 0 Å². The second kappa shape index (κ2) is 8.97. The lowest BCUT2D eigenvalue weighted by molar-refractivity contribution is -0.0498. The number of alkyl halides is 2. The molecule has 0 aliphatic rings. The third-order valence-corrected chi connectivity index (χ3v) is 4.56. The Kier molecular flexibility index (Phi) is 6.42. The smallest absolute Gasteiger partial charge is 0.387 e. The van der Waals surface area contributed by atoms with Crippen molar-refractivity contribution in [2.45, 2.75) is 33.2 Å². The number of hydrogen-bond acceptors (Lipinski definition) is 3. The van der Waals surface area contributed by atoms with E-state index in [0.717, 1.165) is 22.4 Å². The van der Waals surface area contributed by atoms with Gasteiger partial charge >= 0.3 is 6.61 Å². The monoisotopic (exact) mass is 391 g/mol. The maximum Gasteiger partial charge on any atom is 0.387 e. The van der Waals surface area contributed by atoms with Crippen LogP contribution in [-0.4, -0.2) is 16.4 Å². The standard InChI is InChI=1S/C20H20ClF2N3O/c1-14-18(19(21)26(25-14)13-16-5-3-2-4-6-16)12-24-11-15-7-9-17(10-8-15)27-20(22)23/h2-10,20,24H,11-13H2,1H3. The minimum absolute atomic E-state index is 0.148. The Balaban J connectivity index is 1.58. The Morgan fingerprint density at radius 1 is 1.04 bits per heavy atom. The van der Waals surface area contributed by atoms with Gasteiger partial charge in [-0.25, -0.2) is 4.68 Å². The molecular weight excluding hydrogens is 372 g/mol. The van der Waals surface area contributed by atoms with Gasteiger partial charge < -0.3 is 10.1 Å². The van der Waals surface area contributed by atoms with Gasteiger partial charge in [0.15, 0.2) is 0 Å². The molecule has 0 unspecified atom stereocenters. The fourth-order valence-electron chi connectivity index (χ4n) is 2.77. The predicted molar refractivity (Wildman–Crippen MR) is 101 cm³/mol. The van der Waals surface area contributed by atoms with E-state index >= 15 is 0 Å². The van der Waals surface area contributed by atoms with Gasteiger partial charge in [-0.1, -0.05) is 54.1 Å². The van der Waals surface area contributed by atoms with E-state index in [1.807, 2.05) is 37.3 Å². The highest BCUT2D eigenvalue weighted by molar-refractivity contribution is 6.30. The molecule has 3 rings (SSSR count). The van der Waals surface area contributed by atoms with Gasteiger partial charge in [-0.15, -0.1) is 0 Å². The number of hydrogen-bond donors (Lipinski definition) is 1. The average Bonchev–Trinajstić information content (AvgIpc) is 2.91. The molecule has 0 radical (unpaired) electrons. The summed E-state index contributed by atoms with van der Waals surface area (Å²) in [5.41, 5.74) is 3.92. The molecule has 4 nitrogen and oxygen atoms in total. The lowest BCUT2D eigenvalue weighted by atomic mass is 10.2. The van der Waals surface area contributed by atoms with E-state index in [1.165, 1.54) is 12.1 Å². The van der Waals surface area contributed by atoms with Crippen LogP contribution < -0.4 is 10.1 Å². The molecule has 2 aromatic carbocycles. The quantitative estimate of drug-likeness (QED) is 0.600. The van der Waals surface area contributed by atoms with Crippen molar-refractivity contribution in [2.75, 3.05) is 0 Å². The summed E-state index contributed by atoms with van der Waals surface area (Å²) in [5.74, 6) is 0.148. The number of rotatable bonds is 8. The normalized spacial score (nSPS) is 11.1. The van der Waals surface area contributed by atoms with Crippen molar-refractivity contribution in [1.82, 2.24) is 15.1 Å². The van der Waals surface area contributed by atoms with Crippen molar-refractivity contribution < 1.29 is 13.5 Å². The van der Waals surface area contributed by atoms with Gasteiger partial charge in [0.2, 0.25) is 0 Å². The van der Waals surface area contributed by atoms with Crippen molar-refractivity contribution >= 4 is 11.6 Å². The Labute approximate surface area is 161 Å². The first kappa shape index (κ1) is 19.3. The van der Waals surface area contributed by atoms with E-state index in [4.69, 9.17) is 11.6 Å². The number of halogens is 3. The van der Waals surface area contributed by atoms with Crippen molar-refractivity contribution in [3.63, 3.8) is 0 Å². The lowest BCUT2D eigenvalue weighted by Gasteiger charge is -2.08. The van der Waals surface area contributed by atoms with Crippen LogP contribution in [0.2, 0.25) is 5.15 Å². The molecule has 0 saturated carbocycles. The van der Waals surface area contributed by atoms with Gasteiger partial charge in [0.25, 0.3) is 0 Å². The molecule has 7 heteroatoms. The summed E-state index contributed by atoms with van der Waals surface area (Å²) in [4.78, 5) is 0. The second-order valence-electron chi connectivity index (χ2n) is 6.12. The van der Waals surface area contributed by atoms with Crippen LogP contribution in [0, 0.1) is 6.92 Å². The molecule has 0 spiro atoms. The zero-order valence-corrected chi connectivity index (χ0v) is 15.6. The lowest BCUT2D eigenvalue weighted by Crippen LogP contribution is -2.13. The van der Waals surface area contributed by atoms with Gasteiger partial charge in [0.1, 0.15) is 10.9 Å². The zero-order chi connectivity index (χ0) is 19.2.